The van der Waals surface area contributed by atoms with Crippen LogP contribution in [0.25, 0.3) is 0 Å². The number of hydrogen-bond acceptors (Lipinski definition) is 1. The minimum atomic E-state index is 0.257. The molecular formula is C14H29BrO. The Hall–Kier alpha value is 0.440. The van der Waals surface area contributed by atoms with E-state index in [1.807, 2.05) is 0 Å². The molecule has 0 fully saturated rings. The Labute approximate surface area is 110 Å². The fourth-order valence-corrected chi connectivity index (χ4v) is 2.56. The molecule has 0 saturated heterocycles. The van der Waals surface area contributed by atoms with Gasteiger partial charge in [0, 0.05) is 6.61 Å². The van der Waals surface area contributed by atoms with Crippen molar-refractivity contribution in [2.24, 2.45) is 11.8 Å². The van der Waals surface area contributed by atoms with E-state index in [0.717, 1.165) is 24.9 Å². The number of unbranched alkanes of at least 4 members (excludes halogenated alkanes) is 1. The Kier molecular flexibility index (Phi) is 10.9. The van der Waals surface area contributed by atoms with Gasteiger partial charge in [0.2, 0.25) is 0 Å². The average Bonchev–Trinajstić information content (AvgIpc) is 2.17. The van der Waals surface area contributed by atoms with Gasteiger partial charge in [0.25, 0.3) is 0 Å². The molecule has 0 amide bonds. The Balaban J connectivity index is 3.42. The molecule has 0 saturated carbocycles. The highest BCUT2D eigenvalue weighted by atomic mass is 79.9. The quantitative estimate of drug-likeness (QED) is 0.388. The second kappa shape index (κ2) is 10.6. The molecule has 0 rings (SSSR count). The van der Waals surface area contributed by atoms with Crippen LogP contribution in [0.5, 0.6) is 0 Å². The summed E-state index contributed by atoms with van der Waals surface area (Å²) in [7, 11) is 0. The van der Waals surface area contributed by atoms with Gasteiger partial charge in [-0.15, -0.1) is 0 Å². The zero-order valence-corrected chi connectivity index (χ0v) is 13.1. The number of ether oxygens (including phenoxy) is 1. The summed E-state index contributed by atoms with van der Waals surface area (Å²) >= 11 is 3.61. The molecule has 0 radical (unpaired) electrons. The Bertz CT molecular complexity index is 148. The first-order valence-corrected chi connectivity index (χ1v) is 7.73. The lowest BCUT2D eigenvalue weighted by molar-refractivity contribution is 0.0976. The van der Waals surface area contributed by atoms with E-state index in [1.165, 1.54) is 32.1 Å². The van der Waals surface area contributed by atoms with Crippen LogP contribution in [0.4, 0.5) is 0 Å². The molecule has 0 bridgehead atoms. The molecular weight excluding hydrogens is 264 g/mol. The standard InChI is InChI=1S/C14H29BrO/c1-5-6-10-16-14(15)11-13(4)9-7-8-12(2)3/h12-14H,5-11H2,1-4H3. The second-order valence-electron chi connectivity index (χ2n) is 5.30. The zero-order chi connectivity index (χ0) is 12.4. The van der Waals surface area contributed by atoms with Crippen molar-refractivity contribution in [1.82, 2.24) is 0 Å². The number of alkyl halides is 1. The van der Waals surface area contributed by atoms with E-state index in [2.05, 4.69) is 43.6 Å². The highest BCUT2D eigenvalue weighted by molar-refractivity contribution is 9.09. The van der Waals surface area contributed by atoms with Crippen molar-refractivity contribution in [3.63, 3.8) is 0 Å². The summed E-state index contributed by atoms with van der Waals surface area (Å²) in [5, 5.41) is 0.257. The van der Waals surface area contributed by atoms with Crippen LogP contribution in [-0.4, -0.2) is 11.6 Å². The third kappa shape index (κ3) is 10.9. The molecule has 0 aliphatic rings. The summed E-state index contributed by atoms with van der Waals surface area (Å²) < 4.78 is 5.70. The van der Waals surface area contributed by atoms with Crippen LogP contribution in [0.15, 0.2) is 0 Å². The van der Waals surface area contributed by atoms with Crippen LogP contribution in [0.2, 0.25) is 0 Å². The van der Waals surface area contributed by atoms with E-state index in [0.29, 0.717) is 0 Å². The van der Waals surface area contributed by atoms with Gasteiger partial charge in [-0.05, 0) is 24.7 Å². The van der Waals surface area contributed by atoms with Crippen LogP contribution in [-0.2, 0) is 4.74 Å². The van der Waals surface area contributed by atoms with Gasteiger partial charge in [0.1, 0.15) is 5.01 Å². The lowest BCUT2D eigenvalue weighted by atomic mass is 9.98. The van der Waals surface area contributed by atoms with Crippen LogP contribution in [0.1, 0.15) is 66.2 Å². The van der Waals surface area contributed by atoms with Crippen molar-refractivity contribution in [3.05, 3.63) is 0 Å². The number of rotatable bonds is 10. The summed E-state index contributed by atoms with van der Waals surface area (Å²) in [6.45, 7) is 10.0. The average molecular weight is 293 g/mol. The molecule has 16 heavy (non-hydrogen) atoms. The third-order valence-corrected chi connectivity index (χ3v) is 3.50. The molecule has 0 aromatic rings. The van der Waals surface area contributed by atoms with Crippen LogP contribution in [0.3, 0.4) is 0 Å². The summed E-state index contributed by atoms with van der Waals surface area (Å²) in [4.78, 5) is 0. The Morgan fingerprint density at radius 3 is 2.31 bits per heavy atom. The summed E-state index contributed by atoms with van der Waals surface area (Å²) in [5.74, 6) is 1.61. The van der Waals surface area contributed by atoms with Gasteiger partial charge in [-0.25, -0.2) is 0 Å². The first-order chi connectivity index (χ1) is 7.56. The number of halogens is 1. The Morgan fingerprint density at radius 1 is 1.06 bits per heavy atom. The van der Waals surface area contributed by atoms with E-state index in [1.54, 1.807) is 0 Å². The predicted octanol–water partition coefficient (Wildman–Crippen LogP) is 5.38. The van der Waals surface area contributed by atoms with Gasteiger partial charge in [-0.2, -0.15) is 0 Å². The second-order valence-corrected chi connectivity index (χ2v) is 6.32. The van der Waals surface area contributed by atoms with Crippen molar-refractivity contribution in [1.29, 1.82) is 0 Å². The predicted molar refractivity (Wildman–Crippen MR) is 76.0 cm³/mol. The lowest BCUT2D eigenvalue weighted by Crippen LogP contribution is -2.10. The van der Waals surface area contributed by atoms with E-state index in [9.17, 15) is 0 Å². The van der Waals surface area contributed by atoms with Crippen molar-refractivity contribution in [2.75, 3.05) is 6.61 Å². The van der Waals surface area contributed by atoms with Crippen molar-refractivity contribution < 1.29 is 4.74 Å². The van der Waals surface area contributed by atoms with Crippen molar-refractivity contribution >= 4 is 15.9 Å². The molecule has 0 spiro atoms. The maximum Gasteiger partial charge on any atom is 0.112 e. The minimum Gasteiger partial charge on any atom is -0.367 e. The molecule has 0 N–H and O–H groups in total. The summed E-state index contributed by atoms with van der Waals surface area (Å²) in [6.07, 6.45) is 7.56. The van der Waals surface area contributed by atoms with Gasteiger partial charge in [0.05, 0.1) is 0 Å². The first kappa shape index (κ1) is 16.4. The van der Waals surface area contributed by atoms with Crippen LogP contribution in [0, 0.1) is 11.8 Å². The van der Waals surface area contributed by atoms with E-state index in [-0.39, 0.29) is 5.01 Å². The number of hydrogen-bond donors (Lipinski definition) is 0. The maximum atomic E-state index is 5.70. The van der Waals surface area contributed by atoms with Gasteiger partial charge in [-0.3, -0.25) is 0 Å². The highest BCUT2D eigenvalue weighted by Crippen LogP contribution is 2.20. The summed E-state index contributed by atoms with van der Waals surface area (Å²) in [5.41, 5.74) is 0. The van der Waals surface area contributed by atoms with Crippen molar-refractivity contribution in [2.45, 2.75) is 71.2 Å². The van der Waals surface area contributed by atoms with E-state index in [4.69, 9.17) is 4.74 Å². The monoisotopic (exact) mass is 292 g/mol. The van der Waals surface area contributed by atoms with Gasteiger partial charge in [-0.1, -0.05) is 69.3 Å². The molecule has 2 atom stereocenters. The fourth-order valence-electron chi connectivity index (χ4n) is 1.73. The fraction of sp³-hybridized carbons (Fsp3) is 1.00. The van der Waals surface area contributed by atoms with Crippen molar-refractivity contribution in [3.8, 4) is 0 Å². The molecule has 0 aromatic carbocycles. The first-order valence-electron chi connectivity index (χ1n) is 6.81. The van der Waals surface area contributed by atoms with Gasteiger partial charge >= 0.3 is 0 Å². The topological polar surface area (TPSA) is 9.23 Å². The minimum absolute atomic E-state index is 0.257. The zero-order valence-electron chi connectivity index (χ0n) is 11.5. The molecule has 98 valence electrons. The maximum absolute atomic E-state index is 5.70. The molecule has 2 heteroatoms. The normalized spacial score (nSPS) is 15.4. The van der Waals surface area contributed by atoms with E-state index >= 15 is 0 Å². The van der Waals surface area contributed by atoms with Gasteiger partial charge < -0.3 is 4.74 Å². The molecule has 0 heterocycles. The summed E-state index contributed by atoms with van der Waals surface area (Å²) in [6, 6.07) is 0. The SMILES string of the molecule is CCCCOC(Br)CC(C)CCCC(C)C. The largest absolute Gasteiger partial charge is 0.367 e. The molecule has 2 unspecified atom stereocenters. The van der Waals surface area contributed by atoms with Crippen LogP contribution < -0.4 is 0 Å². The van der Waals surface area contributed by atoms with Crippen LogP contribution >= 0.6 is 15.9 Å². The lowest BCUT2D eigenvalue weighted by Gasteiger charge is -2.17. The molecule has 1 nitrogen and oxygen atoms in total. The molecule has 0 aliphatic carbocycles. The highest BCUT2D eigenvalue weighted by Gasteiger charge is 2.10. The van der Waals surface area contributed by atoms with Gasteiger partial charge in [0.15, 0.2) is 0 Å². The molecule has 0 aromatic heterocycles. The third-order valence-electron chi connectivity index (χ3n) is 2.86. The molecule has 0 aliphatic heterocycles. The van der Waals surface area contributed by atoms with E-state index < -0.39 is 0 Å². The Morgan fingerprint density at radius 2 is 1.75 bits per heavy atom. The smallest absolute Gasteiger partial charge is 0.112 e.